The predicted octanol–water partition coefficient (Wildman–Crippen LogP) is 2.13. The third-order valence-electron chi connectivity index (χ3n) is 4.74. The zero-order chi connectivity index (χ0) is 19.2. The summed E-state index contributed by atoms with van der Waals surface area (Å²) in [4.78, 5) is 29.9. The summed E-state index contributed by atoms with van der Waals surface area (Å²) in [7, 11) is 0. The van der Waals surface area contributed by atoms with Gasteiger partial charge in [0.2, 0.25) is 0 Å². The lowest BCUT2D eigenvalue weighted by Gasteiger charge is -2.35. The molecule has 3 heterocycles. The van der Waals surface area contributed by atoms with Gasteiger partial charge >= 0.3 is 0 Å². The van der Waals surface area contributed by atoms with Gasteiger partial charge in [-0.15, -0.1) is 0 Å². The van der Waals surface area contributed by atoms with Crippen LogP contribution in [0.1, 0.15) is 16.1 Å². The average molecular weight is 374 g/mol. The fraction of sp³-hybridized carbons (Fsp3) is 0.238. The second kappa shape index (κ2) is 8.47. The first-order valence-corrected chi connectivity index (χ1v) is 9.35. The number of piperazine rings is 1. The summed E-state index contributed by atoms with van der Waals surface area (Å²) in [5.41, 5.74) is 1.37. The minimum Gasteiger partial charge on any atom is -0.353 e. The van der Waals surface area contributed by atoms with Crippen LogP contribution in [0.5, 0.6) is 0 Å². The van der Waals surface area contributed by atoms with Gasteiger partial charge in [0, 0.05) is 38.9 Å². The Balaban J connectivity index is 1.31. The van der Waals surface area contributed by atoms with E-state index >= 15 is 0 Å². The molecule has 3 aromatic rings. The van der Waals surface area contributed by atoms with E-state index in [4.69, 9.17) is 0 Å². The number of rotatable bonds is 5. The van der Waals surface area contributed by atoms with Gasteiger partial charge in [0.25, 0.3) is 5.91 Å². The molecule has 28 heavy (non-hydrogen) atoms. The van der Waals surface area contributed by atoms with Gasteiger partial charge in [0.05, 0.1) is 12.4 Å². The molecule has 0 aliphatic carbocycles. The number of benzene rings is 1. The van der Waals surface area contributed by atoms with E-state index < -0.39 is 0 Å². The van der Waals surface area contributed by atoms with Crippen molar-refractivity contribution in [3.05, 3.63) is 78.4 Å². The lowest BCUT2D eigenvalue weighted by molar-refractivity contribution is 0.0945. The van der Waals surface area contributed by atoms with Gasteiger partial charge in [-0.1, -0.05) is 36.4 Å². The second-order valence-electron chi connectivity index (χ2n) is 6.59. The largest absolute Gasteiger partial charge is 0.353 e. The molecular formula is C21H22N6O. The Kier molecular flexibility index (Phi) is 5.42. The minimum absolute atomic E-state index is 0.220. The highest BCUT2D eigenvalue weighted by atomic mass is 16.1. The highest BCUT2D eigenvalue weighted by Crippen LogP contribution is 2.16. The Morgan fingerprint density at radius 3 is 2.18 bits per heavy atom. The van der Waals surface area contributed by atoms with Crippen LogP contribution in [-0.4, -0.2) is 47.0 Å². The smallest absolute Gasteiger partial charge is 0.271 e. The molecule has 1 N–H and O–H groups in total. The summed E-state index contributed by atoms with van der Waals surface area (Å²) in [5, 5.41) is 2.87. The maximum absolute atomic E-state index is 12.3. The van der Waals surface area contributed by atoms with Crippen molar-refractivity contribution in [2.75, 3.05) is 36.0 Å². The maximum atomic E-state index is 12.3. The lowest BCUT2D eigenvalue weighted by Crippen LogP contribution is -2.47. The van der Waals surface area contributed by atoms with E-state index in [2.05, 4.69) is 30.1 Å². The fourth-order valence-corrected chi connectivity index (χ4v) is 3.18. The third kappa shape index (κ3) is 4.25. The Bertz CT molecular complexity index is 893. The molecule has 1 saturated heterocycles. The Hall–Kier alpha value is -3.48. The molecule has 1 aromatic carbocycles. The van der Waals surface area contributed by atoms with Crippen LogP contribution < -0.4 is 15.1 Å². The quantitative estimate of drug-likeness (QED) is 0.737. The second-order valence-corrected chi connectivity index (χ2v) is 6.59. The minimum atomic E-state index is -0.220. The van der Waals surface area contributed by atoms with Crippen LogP contribution in [0.15, 0.2) is 67.1 Å². The number of hydrogen-bond acceptors (Lipinski definition) is 6. The van der Waals surface area contributed by atoms with Crippen molar-refractivity contribution in [2.45, 2.75) is 6.54 Å². The number of nitrogens with zero attached hydrogens (tertiary/aromatic N) is 5. The van der Waals surface area contributed by atoms with Gasteiger partial charge < -0.3 is 15.1 Å². The van der Waals surface area contributed by atoms with Crippen molar-refractivity contribution in [3.63, 3.8) is 0 Å². The number of carbonyl (C=O) groups excluding carboxylic acids is 1. The number of aromatic nitrogens is 3. The number of carbonyl (C=O) groups is 1. The Labute approximate surface area is 164 Å². The molecule has 2 aromatic heterocycles. The van der Waals surface area contributed by atoms with Crippen molar-refractivity contribution in [3.8, 4) is 0 Å². The molecule has 7 heteroatoms. The van der Waals surface area contributed by atoms with E-state index in [-0.39, 0.29) is 5.91 Å². The molecule has 1 amide bonds. The van der Waals surface area contributed by atoms with Crippen molar-refractivity contribution in [2.24, 2.45) is 0 Å². The third-order valence-corrected chi connectivity index (χ3v) is 4.74. The van der Waals surface area contributed by atoms with Gasteiger partial charge in [-0.3, -0.25) is 4.79 Å². The first kappa shape index (κ1) is 17.9. The molecule has 0 bridgehead atoms. The van der Waals surface area contributed by atoms with Crippen molar-refractivity contribution >= 4 is 17.5 Å². The number of pyridine rings is 1. The molecule has 0 atom stereocenters. The van der Waals surface area contributed by atoms with Crippen LogP contribution in [0.3, 0.4) is 0 Å². The van der Waals surface area contributed by atoms with Crippen molar-refractivity contribution in [1.82, 2.24) is 20.3 Å². The highest BCUT2D eigenvalue weighted by molar-refractivity contribution is 5.91. The zero-order valence-electron chi connectivity index (χ0n) is 15.5. The SMILES string of the molecule is O=C(NCc1ccccc1)c1cnc(N2CCN(c3ccccn3)CC2)cn1. The van der Waals surface area contributed by atoms with E-state index in [0.717, 1.165) is 43.4 Å². The predicted molar refractivity (Wildman–Crippen MR) is 108 cm³/mol. The number of amides is 1. The summed E-state index contributed by atoms with van der Waals surface area (Å²) in [6, 6.07) is 15.7. The van der Waals surface area contributed by atoms with E-state index in [0.29, 0.717) is 12.2 Å². The molecule has 142 valence electrons. The highest BCUT2D eigenvalue weighted by Gasteiger charge is 2.19. The van der Waals surface area contributed by atoms with E-state index in [9.17, 15) is 4.79 Å². The maximum Gasteiger partial charge on any atom is 0.271 e. The summed E-state index contributed by atoms with van der Waals surface area (Å²) in [6.45, 7) is 3.89. The molecule has 0 unspecified atom stereocenters. The molecule has 0 spiro atoms. The van der Waals surface area contributed by atoms with E-state index in [1.165, 1.54) is 0 Å². The van der Waals surface area contributed by atoms with Gasteiger partial charge in [0.1, 0.15) is 17.3 Å². The standard InChI is InChI=1S/C21H22N6O/c28-21(25-14-17-6-2-1-3-7-17)18-15-24-20(16-23-18)27-12-10-26(11-13-27)19-8-4-5-9-22-19/h1-9,15-16H,10-14H2,(H,25,28). The van der Waals surface area contributed by atoms with E-state index in [1.807, 2.05) is 54.7 Å². The van der Waals surface area contributed by atoms with Crippen LogP contribution in [0.2, 0.25) is 0 Å². The monoisotopic (exact) mass is 374 g/mol. The first-order chi connectivity index (χ1) is 13.8. The van der Waals surface area contributed by atoms with Gasteiger partial charge in [-0.25, -0.2) is 15.0 Å². The fourth-order valence-electron chi connectivity index (χ4n) is 3.18. The lowest BCUT2D eigenvalue weighted by atomic mass is 10.2. The molecular weight excluding hydrogens is 352 g/mol. The molecule has 0 radical (unpaired) electrons. The topological polar surface area (TPSA) is 74.2 Å². The molecule has 1 aliphatic rings. The Morgan fingerprint density at radius 1 is 0.821 bits per heavy atom. The normalized spacial score (nSPS) is 14.0. The van der Waals surface area contributed by atoms with Crippen molar-refractivity contribution < 1.29 is 4.79 Å². The summed E-state index contributed by atoms with van der Waals surface area (Å²) < 4.78 is 0. The van der Waals surface area contributed by atoms with Gasteiger partial charge in [-0.05, 0) is 17.7 Å². The van der Waals surface area contributed by atoms with E-state index in [1.54, 1.807) is 12.4 Å². The molecule has 7 nitrogen and oxygen atoms in total. The molecule has 4 rings (SSSR count). The molecule has 0 saturated carbocycles. The van der Waals surface area contributed by atoms with Crippen molar-refractivity contribution in [1.29, 1.82) is 0 Å². The molecule has 1 aliphatic heterocycles. The van der Waals surface area contributed by atoms with Gasteiger partial charge in [0.15, 0.2) is 0 Å². The first-order valence-electron chi connectivity index (χ1n) is 9.35. The summed E-state index contributed by atoms with van der Waals surface area (Å²) >= 11 is 0. The Morgan fingerprint density at radius 2 is 1.54 bits per heavy atom. The number of hydrogen-bond donors (Lipinski definition) is 1. The van der Waals surface area contributed by atoms with Crippen LogP contribution >= 0.6 is 0 Å². The van der Waals surface area contributed by atoms with Crippen LogP contribution in [0.25, 0.3) is 0 Å². The average Bonchev–Trinajstić information content (AvgIpc) is 2.79. The molecule has 1 fully saturated rings. The summed E-state index contributed by atoms with van der Waals surface area (Å²) in [6.07, 6.45) is 5.03. The summed E-state index contributed by atoms with van der Waals surface area (Å²) in [5.74, 6) is 1.57. The van der Waals surface area contributed by atoms with Crippen LogP contribution in [-0.2, 0) is 6.54 Å². The zero-order valence-corrected chi connectivity index (χ0v) is 15.5. The van der Waals surface area contributed by atoms with Crippen LogP contribution in [0, 0.1) is 0 Å². The van der Waals surface area contributed by atoms with Crippen LogP contribution in [0.4, 0.5) is 11.6 Å². The van der Waals surface area contributed by atoms with Gasteiger partial charge in [-0.2, -0.15) is 0 Å². The number of nitrogens with one attached hydrogen (secondary N) is 1. The number of anilines is 2.